The average molecular weight is 282 g/mol. The number of nitrogens with zero attached hydrogens (tertiary/aromatic N) is 4. The Morgan fingerprint density at radius 2 is 2.15 bits per heavy atom. The number of nitrogen functional groups attached to an aromatic ring is 1. The molecular weight excluding hydrogens is 268 g/mol. The molecule has 0 radical (unpaired) electrons. The zero-order valence-corrected chi connectivity index (χ0v) is 10.3. The number of aliphatic hydroxyl groups is 2. The van der Waals surface area contributed by atoms with E-state index in [4.69, 9.17) is 21.3 Å². The first-order valence-corrected chi connectivity index (χ1v) is 5.92. The smallest absolute Gasteiger partial charge is 0.244 e. The average Bonchev–Trinajstić information content (AvgIpc) is 2.93. The Hall–Kier alpha value is -2.01. The highest BCUT2D eigenvalue weighted by atomic mass is 16.5. The van der Waals surface area contributed by atoms with E-state index in [2.05, 4.69) is 15.0 Å². The standard InChI is InChI=1S/C10H14N6O4/c11-4-6(18)3(1-17)20-9(4)16-2-13-5-7(16)14-10(12)15-8(5)19/h2-4,6,9,17-18H,1,11H2,(H3,12,14,15,19)/t3-,4?,6+,9-/m1/s1. The van der Waals surface area contributed by atoms with Crippen LogP contribution in [0.15, 0.2) is 6.33 Å². The summed E-state index contributed by atoms with van der Waals surface area (Å²) in [5, 5.41) is 28.6. The van der Waals surface area contributed by atoms with Crippen LogP contribution >= 0.6 is 0 Å². The minimum Gasteiger partial charge on any atom is -0.492 e. The van der Waals surface area contributed by atoms with Crippen LogP contribution in [0.25, 0.3) is 11.2 Å². The van der Waals surface area contributed by atoms with Crippen molar-refractivity contribution in [1.82, 2.24) is 19.5 Å². The van der Waals surface area contributed by atoms with Crippen molar-refractivity contribution in [2.75, 3.05) is 12.3 Å². The molecule has 0 amide bonds. The molecule has 2 aromatic heterocycles. The van der Waals surface area contributed by atoms with Crippen LogP contribution in [0.2, 0.25) is 0 Å². The van der Waals surface area contributed by atoms with Crippen molar-refractivity contribution in [1.29, 1.82) is 0 Å². The third-order valence-corrected chi connectivity index (χ3v) is 3.29. The molecule has 4 atom stereocenters. The number of fused-ring (bicyclic) bond motifs is 1. The van der Waals surface area contributed by atoms with Gasteiger partial charge >= 0.3 is 0 Å². The first kappa shape index (κ1) is 13.0. The first-order chi connectivity index (χ1) is 9.52. The summed E-state index contributed by atoms with van der Waals surface area (Å²) in [5.41, 5.74) is 11.7. The van der Waals surface area contributed by atoms with Gasteiger partial charge in [0, 0.05) is 0 Å². The summed E-state index contributed by atoms with van der Waals surface area (Å²) in [7, 11) is 0. The number of imidazole rings is 1. The maximum absolute atomic E-state index is 9.86. The lowest BCUT2D eigenvalue weighted by molar-refractivity contribution is -0.0437. The van der Waals surface area contributed by atoms with Crippen molar-refractivity contribution < 1.29 is 20.1 Å². The van der Waals surface area contributed by atoms with Crippen molar-refractivity contribution in [3.8, 4) is 5.88 Å². The number of aromatic hydroxyl groups is 1. The van der Waals surface area contributed by atoms with E-state index in [1.54, 1.807) is 0 Å². The molecule has 2 aromatic rings. The van der Waals surface area contributed by atoms with Crippen LogP contribution in [-0.2, 0) is 4.74 Å². The van der Waals surface area contributed by atoms with Crippen LogP contribution in [0.1, 0.15) is 6.23 Å². The fourth-order valence-corrected chi connectivity index (χ4v) is 2.27. The van der Waals surface area contributed by atoms with Crippen LogP contribution in [-0.4, -0.2) is 59.7 Å². The molecule has 0 saturated carbocycles. The van der Waals surface area contributed by atoms with Crippen molar-refractivity contribution >= 4 is 17.1 Å². The first-order valence-electron chi connectivity index (χ1n) is 5.92. The van der Waals surface area contributed by atoms with E-state index in [0.717, 1.165) is 0 Å². The Bertz CT molecular complexity index is 646. The van der Waals surface area contributed by atoms with Crippen LogP contribution in [0.3, 0.4) is 0 Å². The molecule has 0 aliphatic carbocycles. The minimum atomic E-state index is -1.02. The van der Waals surface area contributed by atoms with Crippen molar-refractivity contribution in [2.24, 2.45) is 5.73 Å². The maximum atomic E-state index is 9.86. The van der Waals surface area contributed by atoms with E-state index in [1.807, 2.05) is 0 Å². The van der Waals surface area contributed by atoms with Crippen LogP contribution < -0.4 is 11.5 Å². The molecule has 108 valence electrons. The van der Waals surface area contributed by atoms with Crippen molar-refractivity contribution in [3.05, 3.63) is 6.33 Å². The van der Waals surface area contributed by atoms with Gasteiger partial charge in [0.1, 0.15) is 12.2 Å². The van der Waals surface area contributed by atoms with Gasteiger partial charge in [-0.15, -0.1) is 0 Å². The summed E-state index contributed by atoms with van der Waals surface area (Å²) in [5.74, 6) is -0.473. The lowest BCUT2D eigenvalue weighted by Crippen LogP contribution is -2.39. The summed E-state index contributed by atoms with van der Waals surface area (Å²) < 4.78 is 6.92. The van der Waals surface area contributed by atoms with Gasteiger partial charge in [0.2, 0.25) is 11.8 Å². The minimum absolute atomic E-state index is 0.123. The van der Waals surface area contributed by atoms with Gasteiger partial charge in [0.05, 0.1) is 19.0 Å². The number of ether oxygens (including phenoxy) is 1. The van der Waals surface area contributed by atoms with E-state index >= 15 is 0 Å². The van der Waals surface area contributed by atoms with Crippen molar-refractivity contribution in [3.63, 3.8) is 0 Å². The molecule has 1 unspecified atom stereocenters. The second-order valence-electron chi connectivity index (χ2n) is 4.55. The summed E-state index contributed by atoms with van der Waals surface area (Å²) in [4.78, 5) is 11.5. The number of hydrogen-bond donors (Lipinski definition) is 5. The third kappa shape index (κ3) is 1.78. The summed E-state index contributed by atoms with van der Waals surface area (Å²) in [6.07, 6.45) is -1.23. The van der Waals surface area contributed by atoms with E-state index in [0.29, 0.717) is 0 Å². The molecule has 1 saturated heterocycles. The molecule has 7 N–H and O–H groups in total. The predicted molar refractivity (Wildman–Crippen MR) is 66.4 cm³/mol. The lowest BCUT2D eigenvalue weighted by atomic mass is 10.1. The van der Waals surface area contributed by atoms with E-state index in [-0.39, 0.29) is 29.6 Å². The van der Waals surface area contributed by atoms with Gasteiger partial charge in [-0.1, -0.05) is 0 Å². The number of hydrogen-bond acceptors (Lipinski definition) is 9. The van der Waals surface area contributed by atoms with Gasteiger partial charge in [-0.05, 0) is 0 Å². The number of aliphatic hydroxyl groups excluding tert-OH is 2. The highest BCUT2D eigenvalue weighted by Gasteiger charge is 2.42. The van der Waals surface area contributed by atoms with Crippen LogP contribution in [0.5, 0.6) is 5.88 Å². The van der Waals surface area contributed by atoms with Crippen LogP contribution in [0, 0.1) is 0 Å². The fourth-order valence-electron chi connectivity index (χ4n) is 2.27. The Morgan fingerprint density at radius 1 is 1.40 bits per heavy atom. The molecule has 1 fully saturated rings. The predicted octanol–water partition coefficient (Wildman–Crippen LogP) is -2.31. The SMILES string of the molecule is Nc1nc(O)c2ncn([C@@H]3O[C@H](CO)[C@H](O)C3N)c2n1. The normalized spacial score (nSPS) is 30.1. The molecular formula is C10H14N6O4. The molecule has 1 aliphatic heterocycles. The molecule has 3 heterocycles. The van der Waals surface area contributed by atoms with E-state index in [1.165, 1.54) is 10.9 Å². The van der Waals surface area contributed by atoms with Gasteiger partial charge < -0.3 is 31.5 Å². The Balaban J connectivity index is 2.07. The van der Waals surface area contributed by atoms with Crippen LogP contribution in [0.4, 0.5) is 5.95 Å². The van der Waals surface area contributed by atoms with Gasteiger partial charge in [-0.2, -0.15) is 9.97 Å². The fraction of sp³-hybridized carbons (Fsp3) is 0.500. The lowest BCUT2D eigenvalue weighted by Gasteiger charge is -2.17. The molecule has 0 spiro atoms. The highest BCUT2D eigenvalue weighted by molar-refractivity contribution is 5.77. The second kappa shape index (κ2) is 4.52. The summed E-state index contributed by atoms with van der Waals surface area (Å²) >= 11 is 0. The monoisotopic (exact) mass is 282 g/mol. The number of nitrogens with two attached hydrogens (primary N) is 2. The van der Waals surface area contributed by atoms with E-state index < -0.39 is 24.5 Å². The second-order valence-corrected chi connectivity index (χ2v) is 4.55. The van der Waals surface area contributed by atoms with Gasteiger partial charge in [-0.25, -0.2) is 4.98 Å². The Labute approximate surface area is 112 Å². The number of rotatable bonds is 2. The third-order valence-electron chi connectivity index (χ3n) is 3.29. The van der Waals surface area contributed by atoms with E-state index in [9.17, 15) is 10.2 Å². The quantitative estimate of drug-likeness (QED) is 0.406. The van der Waals surface area contributed by atoms with Crippen molar-refractivity contribution in [2.45, 2.75) is 24.5 Å². The molecule has 0 aromatic carbocycles. The molecule has 3 rings (SSSR count). The Kier molecular flexibility index (Phi) is 2.94. The summed E-state index contributed by atoms with van der Waals surface area (Å²) in [6, 6.07) is -0.775. The highest BCUT2D eigenvalue weighted by Crippen LogP contribution is 2.31. The molecule has 10 nitrogen and oxygen atoms in total. The maximum Gasteiger partial charge on any atom is 0.244 e. The number of anilines is 1. The zero-order valence-electron chi connectivity index (χ0n) is 10.3. The number of aromatic nitrogens is 4. The van der Waals surface area contributed by atoms with Gasteiger partial charge in [0.25, 0.3) is 0 Å². The van der Waals surface area contributed by atoms with Gasteiger partial charge in [0.15, 0.2) is 17.4 Å². The largest absolute Gasteiger partial charge is 0.492 e. The zero-order chi connectivity index (χ0) is 14.4. The molecule has 10 heteroatoms. The van der Waals surface area contributed by atoms with Gasteiger partial charge in [-0.3, -0.25) is 4.57 Å². The topological polar surface area (TPSA) is 166 Å². The molecule has 0 bridgehead atoms. The Morgan fingerprint density at radius 3 is 2.80 bits per heavy atom. The summed E-state index contributed by atoms with van der Waals surface area (Å²) in [6.45, 7) is -0.361. The molecule has 20 heavy (non-hydrogen) atoms. The molecule has 1 aliphatic rings.